The summed E-state index contributed by atoms with van der Waals surface area (Å²) in [7, 11) is 0. The molecule has 3 rings (SSSR count). The molecular weight excluding hydrogens is 338 g/mol. The predicted octanol–water partition coefficient (Wildman–Crippen LogP) is 2.35. The normalized spacial score (nSPS) is 10.8. The zero-order chi connectivity index (χ0) is 17.6. The third-order valence-electron chi connectivity index (χ3n) is 3.74. The number of fused-ring (bicyclic) bond motifs is 1. The van der Waals surface area contributed by atoms with Crippen LogP contribution in [0.1, 0.15) is 12.0 Å². The number of aromatic nitrogens is 2. The zero-order valence-corrected chi connectivity index (χ0v) is 14.7. The Balaban J connectivity index is 1.42. The number of hydrogen-bond donors (Lipinski definition) is 1. The summed E-state index contributed by atoms with van der Waals surface area (Å²) >= 11 is 1.43. The highest BCUT2D eigenvalue weighted by Gasteiger charge is 2.07. The number of aryl methyl sites for hydroxylation is 2. The smallest absolute Gasteiger partial charge is 0.262 e. The molecule has 0 aliphatic rings. The average molecular weight is 357 g/mol. The van der Waals surface area contributed by atoms with Gasteiger partial charge in [0.1, 0.15) is 17.2 Å². The van der Waals surface area contributed by atoms with E-state index in [0.717, 1.165) is 10.6 Å². The Morgan fingerprint density at radius 3 is 2.88 bits per heavy atom. The van der Waals surface area contributed by atoms with Crippen molar-refractivity contribution in [2.45, 2.75) is 19.9 Å². The first kappa shape index (κ1) is 17.2. The van der Waals surface area contributed by atoms with Crippen LogP contribution in [0.15, 0.2) is 46.8 Å². The molecule has 1 amide bonds. The van der Waals surface area contributed by atoms with Crippen molar-refractivity contribution in [3.8, 4) is 5.75 Å². The molecule has 0 spiro atoms. The molecule has 0 aliphatic carbocycles. The summed E-state index contributed by atoms with van der Waals surface area (Å²) in [6, 6.07) is 9.51. The van der Waals surface area contributed by atoms with Gasteiger partial charge in [-0.1, -0.05) is 17.7 Å². The largest absolute Gasteiger partial charge is 0.492 e. The maximum absolute atomic E-state index is 12.2. The SMILES string of the molecule is Cc1ccc(OCCNC(=O)CCn2cnc3sccc3c2=O)cc1. The van der Waals surface area contributed by atoms with E-state index < -0.39 is 0 Å². The van der Waals surface area contributed by atoms with Crippen molar-refractivity contribution in [2.75, 3.05) is 13.2 Å². The first-order chi connectivity index (χ1) is 12.1. The fraction of sp³-hybridized carbons (Fsp3) is 0.278. The summed E-state index contributed by atoms with van der Waals surface area (Å²) in [6.07, 6.45) is 1.72. The summed E-state index contributed by atoms with van der Waals surface area (Å²) in [4.78, 5) is 29.1. The van der Waals surface area contributed by atoms with Crippen molar-refractivity contribution >= 4 is 27.5 Å². The van der Waals surface area contributed by atoms with E-state index in [4.69, 9.17) is 4.74 Å². The Morgan fingerprint density at radius 2 is 2.08 bits per heavy atom. The first-order valence-corrected chi connectivity index (χ1v) is 8.90. The molecule has 2 aromatic heterocycles. The van der Waals surface area contributed by atoms with Crippen molar-refractivity contribution in [3.05, 3.63) is 58.0 Å². The van der Waals surface area contributed by atoms with Gasteiger partial charge in [0.05, 0.1) is 18.3 Å². The Morgan fingerprint density at radius 1 is 1.28 bits per heavy atom. The standard InChI is InChI=1S/C18H19N3O3S/c1-13-2-4-14(5-3-13)24-10-8-19-16(22)6-9-21-12-20-17-15(18(21)23)7-11-25-17/h2-5,7,11-12H,6,8-10H2,1H3,(H,19,22). The van der Waals surface area contributed by atoms with Crippen LogP contribution < -0.4 is 15.6 Å². The van der Waals surface area contributed by atoms with E-state index in [0.29, 0.717) is 25.1 Å². The van der Waals surface area contributed by atoms with Crippen LogP contribution in [0.3, 0.4) is 0 Å². The molecule has 7 heteroatoms. The second kappa shape index (κ2) is 7.94. The number of carbonyl (C=O) groups is 1. The highest BCUT2D eigenvalue weighted by Crippen LogP contribution is 2.13. The summed E-state index contributed by atoms with van der Waals surface area (Å²) in [5.41, 5.74) is 1.06. The molecule has 3 aromatic rings. The van der Waals surface area contributed by atoms with Crippen LogP contribution in [0.4, 0.5) is 0 Å². The molecule has 130 valence electrons. The minimum Gasteiger partial charge on any atom is -0.492 e. The number of thiophene rings is 1. The number of nitrogens with zero attached hydrogens (tertiary/aromatic N) is 2. The number of amides is 1. The highest BCUT2D eigenvalue weighted by atomic mass is 32.1. The van der Waals surface area contributed by atoms with Gasteiger partial charge in [0.25, 0.3) is 5.56 Å². The Labute approximate surface area is 149 Å². The van der Waals surface area contributed by atoms with Gasteiger partial charge in [0.15, 0.2) is 0 Å². The van der Waals surface area contributed by atoms with Crippen LogP contribution in [0.25, 0.3) is 10.2 Å². The van der Waals surface area contributed by atoms with Gasteiger partial charge < -0.3 is 10.1 Å². The van der Waals surface area contributed by atoms with E-state index in [1.165, 1.54) is 27.8 Å². The molecule has 6 nitrogen and oxygen atoms in total. The Hall–Kier alpha value is -2.67. The average Bonchev–Trinajstić information content (AvgIpc) is 3.09. The van der Waals surface area contributed by atoms with Crippen molar-refractivity contribution in [1.29, 1.82) is 0 Å². The van der Waals surface area contributed by atoms with Gasteiger partial charge in [-0.2, -0.15) is 0 Å². The number of carbonyl (C=O) groups excluding carboxylic acids is 1. The molecule has 1 N–H and O–H groups in total. The third-order valence-corrected chi connectivity index (χ3v) is 4.56. The van der Waals surface area contributed by atoms with Crippen LogP contribution in [0.2, 0.25) is 0 Å². The first-order valence-electron chi connectivity index (χ1n) is 8.02. The van der Waals surface area contributed by atoms with E-state index >= 15 is 0 Å². The molecule has 0 atom stereocenters. The molecule has 0 saturated carbocycles. The number of nitrogens with one attached hydrogen (secondary N) is 1. The van der Waals surface area contributed by atoms with Gasteiger partial charge in [-0.25, -0.2) is 4.98 Å². The number of ether oxygens (including phenoxy) is 1. The molecule has 25 heavy (non-hydrogen) atoms. The molecule has 0 aliphatic heterocycles. The summed E-state index contributed by atoms with van der Waals surface area (Å²) in [5, 5.41) is 5.22. The topological polar surface area (TPSA) is 73.2 Å². The molecule has 0 saturated heterocycles. The van der Waals surface area contributed by atoms with Gasteiger partial charge in [-0.05, 0) is 30.5 Å². The van der Waals surface area contributed by atoms with E-state index in [1.807, 2.05) is 36.6 Å². The highest BCUT2D eigenvalue weighted by molar-refractivity contribution is 7.16. The number of hydrogen-bond acceptors (Lipinski definition) is 5. The van der Waals surface area contributed by atoms with Crippen molar-refractivity contribution in [3.63, 3.8) is 0 Å². The Kier molecular flexibility index (Phi) is 5.45. The predicted molar refractivity (Wildman–Crippen MR) is 98.2 cm³/mol. The van der Waals surface area contributed by atoms with Gasteiger partial charge in [-0.3, -0.25) is 14.2 Å². The van der Waals surface area contributed by atoms with Gasteiger partial charge in [0, 0.05) is 13.0 Å². The Bertz CT molecular complexity index is 915. The molecule has 0 radical (unpaired) electrons. The maximum atomic E-state index is 12.2. The minimum absolute atomic E-state index is 0.109. The van der Waals surface area contributed by atoms with Crippen molar-refractivity contribution in [2.24, 2.45) is 0 Å². The molecule has 0 fully saturated rings. The van der Waals surface area contributed by atoms with Crippen LogP contribution in [0, 0.1) is 6.92 Å². The summed E-state index contributed by atoms with van der Waals surface area (Å²) in [6.45, 7) is 3.14. The molecule has 1 aromatic carbocycles. The molecule has 0 unspecified atom stereocenters. The molecule has 2 heterocycles. The second-order valence-corrected chi connectivity index (χ2v) is 6.54. The van der Waals surface area contributed by atoms with E-state index in [1.54, 1.807) is 6.07 Å². The fourth-order valence-electron chi connectivity index (χ4n) is 2.36. The maximum Gasteiger partial charge on any atom is 0.262 e. The summed E-state index contributed by atoms with van der Waals surface area (Å²) < 4.78 is 7.02. The lowest BCUT2D eigenvalue weighted by molar-refractivity contribution is -0.121. The van der Waals surface area contributed by atoms with Crippen molar-refractivity contribution < 1.29 is 9.53 Å². The quantitative estimate of drug-likeness (QED) is 0.659. The van der Waals surface area contributed by atoms with E-state index in [2.05, 4.69) is 10.3 Å². The lowest BCUT2D eigenvalue weighted by Crippen LogP contribution is -2.30. The van der Waals surface area contributed by atoms with Gasteiger partial charge in [-0.15, -0.1) is 11.3 Å². The van der Waals surface area contributed by atoms with Crippen LogP contribution in [0.5, 0.6) is 5.75 Å². The lowest BCUT2D eigenvalue weighted by atomic mass is 10.2. The zero-order valence-electron chi connectivity index (χ0n) is 13.9. The van der Waals surface area contributed by atoms with Crippen molar-refractivity contribution in [1.82, 2.24) is 14.9 Å². The van der Waals surface area contributed by atoms with Crippen LogP contribution >= 0.6 is 11.3 Å². The minimum atomic E-state index is -0.121. The fourth-order valence-corrected chi connectivity index (χ4v) is 3.08. The molecule has 0 bridgehead atoms. The molecular formula is C18H19N3O3S. The summed E-state index contributed by atoms with van der Waals surface area (Å²) in [5.74, 6) is 0.659. The lowest BCUT2D eigenvalue weighted by Gasteiger charge is -2.09. The third kappa shape index (κ3) is 4.45. The van der Waals surface area contributed by atoms with Crippen LogP contribution in [-0.2, 0) is 11.3 Å². The van der Waals surface area contributed by atoms with Gasteiger partial charge >= 0.3 is 0 Å². The van der Waals surface area contributed by atoms with E-state index in [-0.39, 0.29) is 17.9 Å². The van der Waals surface area contributed by atoms with Crippen LogP contribution in [-0.4, -0.2) is 28.6 Å². The van der Waals surface area contributed by atoms with E-state index in [9.17, 15) is 9.59 Å². The second-order valence-electron chi connectivity index (χ2n) is 5.64. The monoisotopic (exact) mass is 357 g/mol. The number of benzene rings is 1. The number of rotatable bonds is 7. The van der Waals surface area contributed by atoms with Gasteiger partial charge in [0.2, 0.25) is 5.91 Å².